The number of benzene rings is 2. The van der Waals surface area contributed by atoms with Gasteiger partial charge in [0.15, 0.2) is 0 Å². The third kappa shape index (κ3) is 3.80. The number of rotatable bonds is 5. The molecule has 0 atom stereocenters. The molecule has 0 saturated heterocycles. The number of nitrogens with two attached hydrogens (primary N) is 1. The van der Waals surface area contributed by atoms with Crippen molar-refractivity contribution >= 4 is 15.7 Å². The third-order valence-corrected chi connectivity index (χ3v) is 4.61. The molecule has 0 unspecified atom stereocenters. The van der Waals surface area contributed by atoms with E-state index in [4.69, 9.17) is 5.73 Å². The Labute approximate surface area is 123 Å². The smallest absolute Gasteiger partial charge is 0.262 e. The van der Waals surface area contributed by atoms with Crippen LogP contribution < -0.4 is 10.5 Å². The van der Waals surface area contributed by atoms with Crippen molar-refractivity contribution in [1.29, 1.82) is 0 Å². The maximum Gasteiger partial charge on any atom is 0.262 e. The first-order chi connectivity index (χ1) is 9.92. The van der Waals surface area contributed by atoms with Crippen molar-refractivity contribution in [1.82, 2.24) is 0 Å². The average molecular weight is 308 g/mol. The predicted octanol–water partition coefficient (Wildman–Crippen LogP) is 2.44. The maximum atomic E-state index is 13.1. The average Bonchev–Trinajstić information content (AvgIpc) is 2.40. The fraction of sp³-hybridized carbons (Fsp3) is 0.200. The van der Waals surface area contributed by atoms with Gasteiger partial charge >= 0.3 is 0 Å². The first kappa shape index (κ1) is 15.5. The van der Waals surface area contributed by atoms with E-state index < -0.39 is 15.8 Å². The summed E-state index contributed by atoms with van der Waals surface area (Å²) in [5.74, 6) is -0.461. The van der Waals surface area contributed by atoms with E-state index in [-0.39, 0.29) is 4.90 Å². The molecule has 0 heterocycles. The molecule has 0 bridgehead atoms. The maximum absolute atomic E-state index is 13.1. The van der Waals surface area contributed by atoms with Gasteiger partial charge in [-0.3, -0.25) is 4.72 Å². The van der Waals surface area contributed by atoms with Crippen LogP contribution in [-0.2, 0) is 16.4 Å². The summed E-state index contributed by atoms with van der Waals surface area (Å²) in [5, 5.41) is 0. The fourth-order valence-corrected chi connectivity index (χ4v) is 3.32. The van der Waals surface area contributed by atoms with Crippen molar-refractivity contribution < 1.29 is 12.8 Å². The largest absolute Gasteiger partial charge is 0.330 e. The molecular formula is C15H17FN2O2S. The van der Waals surface area contributed by atoms with Crippen LogP contribution in [0.25, 0.3) is 0 Å². The lowest BCUT2D eigenvalue weighted by Crippen LogP contribution is -2.14. The van der Waals surface area contributed by atoms with Gasteiger partial charge in [0.1, 0.15) is 5.82 Å². The van der Waals surface area contributed by atoms with Crippen LogP contribution in [0.4, 0.5) is 10.1 Å². The number of aryl methyl sites for hydroxylation is 1. The van der Waals surface area contributed by atoms with Crippen LogP contribution in [0.2, 0.25) is 0 Å². The number of hydrogen-bond acceptors (Lipinski definition) is 3. The zero-order valence-corrected chi connectivity index (χ0v) is 12.5. The summed E-state index contributed by atoms with van der Waals surface area (Å²) in [6.07, 6.45) is 0.740. The van der Waals surface area contributed by atoms with E-state index in [0.717, 1.165) is 18.1 Å². The van der Waals surface area contributed by atoms with E-state index >= 15 is 0 Å². The summed E-state index contributed by atoms with van der Waals surface area (Å²) in [4.78, 5) is 0.0648. The molecule has 3 N–H and O–H groups in total. The van der Waals surface area contributed by atoms with Crippen molar-refractivity contribution in [2.45, 2.75) is 18.2 Å². The molecule has 0 aliphatic heterocycles. The molecule has 6 heteroatoms. The quantitative estimate of drug-likeness (QED) is 0.891. The highest BCUT2D eigenvalue weighted by Crippen LogP contribution is 2.20. The molecule has 0 amide bonds. The van der Waals surface area contributed by atoms with Crippen molar-refractivity contribution in [3.05, 3.63) is 59.4 Å². The molecule has 4 nitrogen and oxygen atoms in total. The predicted molar refractivity (Wildman–Crippen MR) is 81.1 cm³/mol. The molecule has 2 aromatic rings. The standard InChI is InChI=1S/C15H17FN2O2S/c1-11-10-13(16)4-7-15(11)21(19,20)18-14-5-2-12(3-6-14)8-9-17/h2-7,10,18H,8-9,17H2,1H3. The van der Waals surface area contributed by atoms with Gasteiger partial charge < -0.3 is 5.73 Å². The number of hydrogen-bond donors (Lipinski definition) is 2. The highest BCUT2D eigenvalue weighted by atomic mass is 32.2. The summed E-state index contributed by atoms with van der Waals surface area (Å²) in [6.45, 7) is 2.10. The molecule has 0 saturated carbocycles. The van der Waals surface area contributed by atoms with Crippen LogP contribution in [0.1, 0.15) is 11.1 Å². The van der Waals surface area contributed by atoms with E-state index in [0.29, 0.717) is 17.8 Å². The van der Waals surface area contributed by atoms with E-state index in [2.05, 4.69) is 4.72 Å². The second-order valence-electron chi connectivity index (χ2n) is 4.75. The zero-order chi connectivity index (χ0) is 15.5. The lowest BCUT2D eigenvalue weighted by molar-refractivity contribution is 0.598. The summed E-state index contributed by atoms with van der Waals surface area (Å²) in [6, 6.07) is 10.6. The Bertz CT molecular complexity index is 728. The zero-order valence-electron chi connectivity index (χ0n) is 11.6. The number of nitrogens with one attached hydrogen (secondary N) is 1. The van der Waals surface area contributed by atoms with Gasteiger partial charge in [-0.05, 0) is 61.3 Å². The van der Waals surface area contributed by atoms with Crippen LogP contribution in [0.15, 0.2) is 47.4 Å². The van der Waals surface area contributed by atoms with Crippen LogP contribution in [0.3, 0.4) is 0 Å². The molecule has 0 spiro atoms. The van der Waals surface area contributed by atoms with Crippen LogP contribution in [-0.4, -0.2) is 15.0 Å². The fourth-order valence-electron chi connectivity index (χ4n) is 2.03. The van der Waals surface area contributed by atoms with Crippen molar-refractivity contribution in [3.63, 3.8) is 0 Å². The first-order valence-electron chi connectivity index (χ1n) is 6.50. The van der Waals surface area contributed by atoms with E-state index in [1.54, 1.807) is 19.1 Å². The first-order valence-corrected chi connectivity index (χ1v) is 7.98. The Hall–Kier alpha value is -1.92. The Balaban J connectivity index is 2.24. The van der Waals surface area contributed by atoms with Gasteiger partial charge in [0, 0.05) is 5.69 Å². The summed E-state index contributed by atoms with van der Waals surface area (Å²) in [7, 11) is -3.73. The molecule has 0 aromatic heterocycles. The monoisotopic (exact) mass is 308 g/mol. The third-order valence-electron chi connectivity index (χ3n) is 3.07. The Morgan fingerprint density at radius 2 is 1.81 bits per heavy atom. The number of sulfonamides is 1. The molecule has 0 aliphatic rings. The molecule has 2 aromatic carbocycles. The van der Waals surface area contributed by atoms with Crippen molar-refractivity contribution in [3.8, 4) is 0 Å². The molecule has 0 radical (unpaired) electrons. The Morgan fingerprint density at radius 1 is 1.14 bits per heavy atom. The van der Waals surface area contributed by atoms with Crippen LogP contribution in [0, 0.1) is 12.7 Å². The van der Waals surface area contributed by atoms with Crippen molar-refractivity contribution in [2.24, 2.45) is 5.73 Å². The van der Waals surface area contributed by atoms with Gasteiger partial charge in [0.2, 0.25) is 0 Å². The minimum atomic E-state index is -3.73. The SMILES string of the molecule is Cc1cc(F)ccc1S(=O)(=O)Nc1ccc(CCN)cc1. The van der Waals surface area contributed by atoms with Gasteiger partial charge in [-0.1, -0.05) is 12.1 Å². The van der Waals surface area contributed by atoms with Gasteiger partial charge in [-0.15, -0.1) is 0 Å². The lowest BCUT2D eigenvalue weighted by atomic mass is 10.1. The Kier molecular flexibility index (Phi) is 4.59. The highest BCUT2D eigenvalue weighted by Gasteiger charge is 2.17. The van der Waals surface area contributed by atoms with Gasteiger partial charge in [-0.25, -0.2) is 12.8 Å². The van der Waals surface area contributed by atoms with E-state index in [9.17, 15) is 12.8 Å². The topological polar surface area (TPSA) is 72.2 Å². The minimum absolute atomic E-state index is 0.0648. The Morgan fingerprint density at radius 3 is 2.38 bits per heavy atom. The highest BCUT2D eigenvalue weighted by molar-refractivity contribution is 7.92. The van der Waals surface area contributed by atoms with E-state index in [1.807, 2.05) is 12.1 Å². The second kappa shape index (κ2) is 6.24. The molecular weight excluding hydrogens is 291 g/mol. The van der Waals surface area contributed by atoms with Crippen molar-refractivity contribution in [2.75, 3.05) is 11.3 Å². The van der Waals surface area contributed by atoms with E-state index in [1.165, 1.54) is 12.1 Å². The molecule has 21 heavy (non-hydrogen) atoms. The lowest BCUT2D eigenvalue weighted by Gasteiger charge is -2.11. The summed E-state index contributed by atoms with van der Waals surface area (Å²) < 4.78 is 40.1. The summed E-state index contributed by atoms with van der Waals surface area (Å²) in [5.41, 5.74) is 7.32. The molecule has 0 fully saturated rings. The molecule has 2 rings (SSSR count). The molecule has 112 valence electrons. The van der Waals surface area contributed by atoms with Crippen LogP contribution >= 0.6 is 0 Å². The van der Waals surface area contributed by atoms with Gasteiger partial charge in [0.05, 0.1) is 4.90 Å². The normalized spacial score (nSPS) is 11.4. The van der Waals surface area contributed by atoms with Gasteiger partial charge in [0.25, 0.3) is 10.0 Å². The number of anilines is 1. The number of halogens is 1. The minimum Gasteiger partial charge on any atom is -0.330 e. The second-order valence-corrected chi connectivity index (χ2v) is 6.40. The molecule has 0 aliphatic carbocycles. The van der Waals surface area contributed by atoms with Crippen LogP contribution in [0.5, 0.6) is 0 Å². The summed E-state index contributed by atoms with van der Waals surface area (Å²) >= 11 is 0. The van der Waals surface area contributed by atoms with Gasteiger partial charge in [-0.2, -0.15) is 0 Å².